The van der Waals surface area contributed by atoms with E-state index in [9.17, 15) is 4.79 Å². The van der Waals surface area contributed by atoms with E-state index in [0.717, 1.165) is 30.8 Å². The van der Waals surface area contributed by atoms with Crippen LogP contribution < -0.4 is 10.1 Å². The van der Waals surface area contributed by atoms with Gasteiger partial charge >= 0.3 is 0 Å². The molecule has 6 heteroatoms. The Morgan fingerprint density at radius 3 is 2.85 bits per heavy atom. The van der Waals surface area contributed by atoms with Crippen molar-refractivity contribution in [2.75, 3.05) is 20.3 Å². The van der Waals surface area contributed by atoms with Crippen LogP contribution in [0.5, 0.6) is 5.75 Å². The lowest BCUT2D eigenvalue weighted by atomic mass is 9.86. The van der Waals surface area contributed by atoms with Crippen molar-refractivity contribution in [2.45, 2.75) is 37.6 Å². The second-order valence-electron chi connectivity index (χ2n) is 8.80. The maximum atomic E-state index is 13.0. The summed E-state index contributed by atoms with van der Waals surface area (Å²) >= 11 is 0. The zero-order chi connectivity index (χ0) is 22.7. The summed E-state index contributed by atoms with van der Waals surface area (Å²) in [6.45, 7) is 2.70. The lowest BCUT2D eigenvalue weighted by Gasteiger charge is -2.35. The summed E-state index contributed by atoms with van der Waals surface area (Å²) in [6.07, 6.45) is 4.51. The van der Waals surface area contributed by atoms with Gasteiger partial charge in [-0.1, -0.05) is 36.4 Å². The topological polar surface area (TPSA) is 63.7 Å². The zero-order valence-electron chi connectivity index (χ0n) is 18.9. The highest BCUT2D eigenvalue weighted by molar-refractivity contribution is 5.81. The molecular weight excluding hydrogens is 414 g/mol. The van der Waals surface area contributed by atoms with Gasteiger partial charge in [-0.05, 0) is 52.9 Å². The van der Waals surface area contributed by atoms with Crippen molar-refractivity contribution >= 4 is 5.91 Å². The first kappa shape index (κ1) is 21.6. The minimum atomic E-state index is -0.457. The van der Waals surface area contributed by atoms with Crippen LogP contribution >= 0.6 is 0 Å². The van der Waals surface area contributed by atoms with Crippen molar-refractivity contribution < 1.29 is 14.3 Å². The predicted molar refractivity (Wildman–Crippen MR) is 126 cm³/mol. The van der Waals surface area contributed by atoms with E-state index < -0.39 is 6.10 Å². The number of hydrogen-bond acceptors (Lipinski definition) is 5. The molecule has 1 N–H and O–H groups in total. The lowest BCUT2D eigenvalue weighted by molar-refractivity contribution is -0.130. The van der Waals surface area contributed by atoms with Crippen LogP contribution in [0.1, 0.15) is 28.7 Å². The minimum Gasteiger partial charge on any atom is -0.497 e. The second-order valence-corrected chi connectivity index (χ2v) is 8.80. The van der Waals surface area contributed by atoms with Gasteiger partial charge in [0.25, 0.3) is 0 Å². The summed E-state index contributed by atoms with van der Waals surface area (Å²) in [7, 11) is 1.69. The van der Waals surface area contributed by atoms with E-state index >= 15 is 0 Å². The van der Waals surface area contributed by atoms with Gasteiger partial charge < -0.3 is 14.8 Å². The van der Waals surface area contributed by atoms with Crippen molar-refractivity contribution in [1.29, 1.82) is 0 Å². The Kier molecular flexibility index (Phi) is 6.11. The average molecular weight is 444 g/mol. The molecule has 0 unspecified atom stereocenters. The molecule has 1 amide bonds. The number of carbonyl (C=O) groups excluding carboxylic acids is 1. The van der Waals surface area contributed by atoms with Crippen molar-refractivity contribution in [2.24, 2.45) is 0 Å². The first-order chi connectivity index (χ1) is 16.2. The lowest BCUT2D eigenvalue weighted by Crippen LogP contribution is -2.42. The molecule has 2 aromatic carbocycles. The summed E-state index contributed by atoms with van der Waals surface area (Å²) in [5.41, 5.74) is 4.63. The third kappa shape index (κ3) is 4.36. The van der Waals surface area contributed by atoms with E-state index in [1.807, 2.05) is 24.3 Å². The fourth-order valence-corrected chi connectivity index (χ4v) is 5.07. The molecule has 2 aliphatic heterocycles. The molecule has 33 heavy (non-hydrogen) atoms. The number of rotatable bonds is 7. The highest BCUT2D eigenvalue weighted by atomic mass is 16.5. The van der Waals surface area contributed by atoms with Crippen molar-refractivity contribution in [3.05, 3.63) is 95.3 Å². The molecule has 3 aromatic rings. The number of hydrogen-bond donors (Lipinski definition) is 1. The normalized spacial score (nSPS) is 21.8. The minimum absolute atomic E-state index is 0.0355. The number of amides is 1. The molecule has 0 saturated carbocycles. The van der Waals surface area contributed by atoms with E-state index in [4.69, 9.17) is 9.47 Å². The molecule has 0 radical (unpaired) electrons. The standard InChI is InChI=1S/C27H29N3O3/c1-32-23-7-4-5-21(15-23)17-30-18-22-6-2-3-8-24(22)27(30)16-25(33-19-27)26(31)29-14-11-20-9-12-28-13-10-20/h2-10,12-13,15,25H,11,14,16-19H2,1H3,(H,29,31)/t25-,27-/m0/s1. The van der Waals surface area contributed by atoms with Crippen LogP contribution in [0, 0.1) is 0 Å². The molecule has 2 atom stereocenters. The SMILES string of the molecule is COc1cccc(CN2Cc3ccccc3[C@]23CO[C@H](C(=O)NCCc2ccncc2)C3)c1. The Labute approximate surface area is 194 Å². The van der Waals surface area contributed by atoms with Gasteiger partial charge in [-0.3, -0.25) is 14.7 Å². The van der Waals surface area contributed by atoms with Crippen LogP contribution in [0.3, 0.4) is 0 Å². The molecule has 1 aromatic heterocycles. The number of carbonyl (C=O) groups is 1. The fraction of sp³-hybridized carbons (Fsp3) is 0.333. The van der Waals surface area contributed by atoms with Crippen LogP contribution in [0.4, 0.5) is 0 Å². The fourth-order valence-electron chi connectivity index (χ4n) is 5.07. The van der Waals surface area contributed by atoms with Gasteiger partial charge in [0.2, 0.25) is 5.91 Å². The molecule has 0 aliphatic carbocycles. The highest BCUT2D eigenvalue weighted by Gasteiger charge is 2.52. The van der Waals surface area contributed by atoms with E-state index in [-0.39, 0.29) is 11.4 Å². The number of nitrogens with one attached hydrogen (secondary N) is 1. The van der Waals surface area contributed by atoms with Crippen LogP contribution in [-0.4, -0.2) is 42.2 Å². The third-order valence-corrected chi connectivity index (χ3v) is 6.79. The van der Waals surface area contributed by atoms with E-state index in [1.165, 1.54) is 16.7 Å². The summed E-state index contributed by atoms with van der Waals surface area (Å²) in [4.78, 5) is 19.4. The van der Waals surface area contributed by atoms with E-state index in [1.54, 1.807) is 19.5 Å². The number of aromatic nitrogens is 1. The largest absolute Gasteiger partial charge is 0.497 e. The van der Waals surface area contributed by atoms with Crippen LogP contribution in [0.15, 0.2) is 73.1 Å². The van der Waals surface area contributed by atoms with Gasteiger partial charge in [0.05, 0.1) is 19.3 Å². The molecule has 6 nitrogen and oxygen atoms in total. The van der Waals surface area contributed by atoms with Crippen molar-refractivity contribution in [3.63, 3.8) is 0 Å². The maximum absolute atomic E-state index is 13.0. The van der Waals surface area contributed by atoms with Gasteiger partial charge in [-0.2, -0.15) is 0 Å². The third-order valence-electron chi connectivity index (χ3n) is 6.79. The highest BCUT2D eigenvalue weighted by Crippen LogP contribution is 2.47. The van der Waals surface area contributed by atoms with Crippen LogP contribution in [0.25, 0.3) is 0 Å². The number of ether oxygens (including phenoxy) is 2. The molecule has 1 spiro atoms. The van der Waals surface area contributed by atoms with E-state index in [2.05, 4.69) is 51.6 Å². The number of fused-ring (bicyclic) bond motifs is 2. The molecule has 1 saturated heterocycles. The summed E-state index contributed by atoms with van der Waals surface area (Å²) in [6, 6.07) is 20.7. The molecular formula is C27H29N3O3. The molecule has 1 fully saturated rings. The Bertz CT molecular complexity index is 1120. The van der Waals surface area contributed by atoms with Gasteiger partial charge in [0, 0.05) is 38.4 Å². The number of pyridine rings is 1. The maximum Gasteiger partial charge on any atom is 0.249 e. The Balaban J connectivity index is 1.30. The van der Waals surface area contributed by atoms with Gasteiger partial charge in [-0.15, -0.1) is 0 Å². The number of methoxy groups -OCH3 is 1. The molecule has 0 bridgehead atoms. The van der Waals surface area contributed by atoms with Gasteiger partial charge in [-0.25, -0.2) is 0 Å². The van der Waals surface area contributed by atoms with Crippen LogP contribution in [0.2, 0.25) is 0 Å². The molecule has 2 aliphatic rings. The van der Waals surface area contributed by atoms with Crippen LogP contribution in [-0.2, 0) is 34.6 Å². The smallest absolute Gasteiger partial charge is 0.249 e. The molecule has 170 valence electrons. The second kappa shape index (κ2) is 9.33. The first-order valence-electron chi connectivity index (χ1n) is 11.4. The Morgan fingerprint density at radius 2 is 2.00 bits per heavy atom. The summed E-state index contributed by atoms with van der Waals surface area (Å²) < 4.78 is 11.6. The predicted octanol–water partition coefficient (Wildman–Crippen LogP) is 3.45. The van der Waals surface area contributed by atoms with Gasteiger partial charge in [0.1, 0.15) is 11.9 Å². The zero-order valence-corrected chi connectivity index (χ0v) is 18.9. The summed E-state index contributed by atoms with van der Waals surface area (Å²) in [5, 5.41) is 3.06. The first-order valence-corrected chi connectivity index (χ1v) is 11.4. The monoisotopic (exact) mass is 443 g/mol. The number of benzene rings is 2. The average Bonchev–Trinajstić information content (AvgIpc) is 3.43. The quantitative estimate of drug-likeness (QED) is 0.606. The van der Waals surface area contributed by atoms with Crippen molar-refractivity contribution in [3.8, 4) is 5.75 Å². The molecule has 5 rings (SSSR count). The molecule has 3 heterocycles. The Hall–Kier alpha value is -3.22. The summed E-state index contributed by atoms with van der Waals surface area (Å²) in [5.74, 6) is 0.819. The van der Waals surface area contributed by atoms with Gasteiger partial charge in [0.15, 0.2) is 0 Å². The number of nitrogens with zero attached hydrogens (tertiary/aromatic N) is 2. The van der Waals surface area contributed by atoms with E-state index in [0.29, 0.717) is 19.6 Å². The Morgan fingerprint density at radius 1 is 1.15 bits per heavy atom. The van der Waals surface area contributed by atoms with Crippen molar-refractivity contribution in [1.82, 2.24) is 15.2 Å².